The molecule has 0 aliphatic carbocycles. The Hall–Kier alpha value is -3.18. The number of halogens is 1. The lowest BCUT2D eigenvalue weighted by Gasteiger charge is -2.08. The minimum Gasteiger partial charge on any atom is -0.348 e. The number of rotatable bonds is 5. The lowest BCUT2D eigenvalue weighted by molar-refractivity contribution is 0.0951. The first-order valence-electron chi connectivity index (χ1n) is 9.36. The first-order chi connectivity index (χ1) is 14.1. The van der Waals surface area contributed by atoms with Crippen LogP contribution in [0.2, 0.25) is 0 Å². The molecule has 1 heterocycles. The van der Waals surface area contributed by atoms with Crippen LogP contribution in [-0.4, -0.2) is 15.7 Å². The van der Waals surface area contributed by atoms with E-state index in [0.29, 0.717) is 17.8 Å². The molecule has 0 aliphatic rings. The molecule has 29 heavy (non-hydrogen) atoms. The van der Waals surface area contributed by atoms with Crippen molar-refractivity contribution in [2.24, 2.45) is 0 Å². The summed E-state index contributed by atoms with van der Waals surface area (Å²) >= 11 is 3.43. The van der Waals surface area contributed by atoms with Gasteiger partial charge in [-0.25, -0.2) is 4.68 Å². The molecule has 0 radical (unpaired) electrons. The maximum atomic E-state index is 13.2. The molecule has 0 saturated carbocycles. The van der Waals surface area contributed by atoms with Crippen molar-refractivity contribution in [3.05, 3.63) is 106 Å². The number of amides is 1. The largest absolute Gasteiger partial charge is 0.348 e. The number of aromatic nitrogens is 2. The van der Waals surface area contributed by atoms with Gasteiger partial charge in [0.1, 0.15) is 5.69 Å². The Morgan fingerprint density at radius 1 is 0.931 bits per heavy atom. The van der Waals surface area contributed by atoms with E-state index in [2.05, 4.69) is 21.2 Å². The highest BCUT2D eigenvalue weighted by atomic mass is 79.9. The number of carbonyl (C=O) groups is 1. The van der Waals surface area contributed by atoms with Gasteiger partial charge in [-0.1, -0.05) is 76.6 Å². The summed E-state index contributed by atoms with van der Waals surface area (Å²) in [7, 11) is 0. The summed E-state index contributed by atoms with van der Waals surface area (Å²) in [5, 5.41) is 7.83. The van der Waals surface area contributed by atoms with Crippen molar-refractivity contribution in [1.29, 1.82) is 0 Å². The van der Waals surface area contributed by atoms with Gasteiger partial charge in [-0.05, 0) is 36.8 Å². The van der Waals surface area contributed by atoms with Gasteiger partial charge >= 0.3 is 0 Å². The molecule has 1 amide bonds. The summed E-state index contributed by atoms with van der Waals surface area (Å²) in [6.45, 7) is 2.39. The monoisotopic (exact) mass is 445 g/mol. The third-order valence-electron chi connectivity index (χ3n) is 4.76. The van der Waals surface area contributed by atoms with E-state index >= 15 is 0 Å². The third-order valence-corrected chi connectivity index (χ3v) is 5.29. The number of hydrogen-bond acceptors (Lipinski definition) is 2. The molecule has 1 N–H and O–H groups in total. The van der Waals surface area contributed by atoms with E-state index in [1.165, 1.54) is 0 Å². The zero-order valence-corrected chi connectivity index (χ0v) is 17.6. The maximum Gasteiger partial charge on any atom is 0.255 e. The number of nitrogens with zero attached hydrogens (tertiary/aromatic N) is 2. The molecule has 3 aromatic carbocycles. The van der Waals surface area contributed by atoms with Crippen LogP contribution in [-0.2, 0) is 6.54 Å². The molecule has 144 valence electrons. The molecule has 0 bridgehead atoms. The van der Waals surface area contributed by atoms with E-state index in [4.69, 9.17) is 5.10 Å². The van der Waals surface area contributed by atoms with E-state index in [-0.39, 0.29) is 5.91 Å². The quantitative estimate of drug-likeness (QED) is 0.438. The average Bonchev–Trinajstić information content (AvgIpc) is 3.11. The van der Waals surface area contributed by atoms with Gasteiger partial charge in [0, 0.05) is 16.6 Å². The number of carbonyl (C=O) groups excluding carboxylic acids is 1. The van der Waals surface area contributed by atoms with Crippen molar-refractivity contribution in [1.82, 2.24) is 15.1 Å². The molecule has 4 aromatic rings. The molecular weight excluding hydrogens is 426 g/mol. The van der Waals surface area contributed by atoms with Crippen molar-refractivity contribution < 1.29 is 4.79 Å². The van der Waals surface area contributed by atoms with Crippen LogP contribution in [0.25, 0.3) is 16.9 Å². The molecule has 4 nitrogen and oxygen atoms in total. The Labute approximate surface area is 178 Å². The van der Waals surface area contributed by atoms with Crippen LogP contribution in [0, 0.1) is 6.92 Å². The fourth-order valence-electron chi connectivity index (χ4n) is 3.27. The first-order valence-corrected chi connectivity index (χ1v) is 10.2. The summed E-state index contributed by atoms with van der Waals surface area (Å²) in [4.78, 5) is 13.2. The summed E-state index contributed by atoms with van der Waals surface area (Å²) < 4.78 is 2.84. The smallest absolute Gasteiger partial charge is 0.255 e. The summed E-state index contributed by atoms with van der Waals surface area (Å²) in [6, 6.07) is 27.6. The van der Waals surface area contributed by atoms with E-state index in [1.807, 2.05) is 96.5 Å². The Balaban J connectivity index is 1.71. The molecule has 0 aliphatic heterocycles. The van der Waals surface area contributed by atoms with Crippen LogP contribution >= 0.6 is 15.9 Å². The van der Waals surface area contributed by atoms with E-state index in [9.17, 15) is 4.79 Å². The number of benzene rings is 3. The van der Waals surface area contributed by atoms with E-state index in [0.717, 1.165) is 27.0 Å². The molecule has 0 fully saturated rings. The van der Waals surface area contributed by atoms with E-state index < -0.39 is 0 Å². The van der Waals surface area contributed by atoms with Crippen LogP contribution < -0.4 is 5.32 Å². The van der Waals surface area contributed by atoms with Crippen LogP contribution in [0.15, 0.2) is 89.4 Å². The molecule has 0 unspecified atom stereocenters. The Bertz CT molecular complexity index is 1120. The van der Waals surface area contributed by atoms with Crippen molar-refractivity contribution in [2.75, 3.05) is 0 Å². The number of nitrogens with one attached hydrogen (secondary N) is 1. The average molecular weight is 446 g/mol. The minimum atomic E-state index is -0.133. The summed E-state index contributed by atoms with van der Waals surface area (Å²) in [5.74, 6) is -0.133. The second-order valence-electron chi connectivity index (χ2n) is 6.73. The lowest BCUT2D eigenvalue weighted by atomic mass is 10.1. The van der Waals surface area contributed by atoms with Crippen molar-refractivity contribution in [2.45, 2.75) is 13.5 Å². The van der Waals surface area contributed by atoms with Crippen molar-refractivity contribution >= 4 is 21.8 Å². The second-order valence-corrected chi connectivity index (χ2v) is 7.65. The SMILES string of the molecule is Cc1c(C(=O)NCc2ccc(Br)cc2)c(-c2ccccc2)nn1-c1ccccc1. The highest BCUT2D eigenvalue weighted by molar-refractivity contribution is 9.10. The van der Waals surface area contributed by atoms with Crippen LogP contribution in [0.5, 0.6) is 0 Å². The number of para-hydroxylation sites is 1. The van der Waals surface area contributed by atoms with Crippen molar-refractivity contribution in [3.63, 3.8) is 0 Å². The zero-order chi connectivity index (χ0) is 20.2. The van der Waals surface area contributed by atoms with Crippen LogP contribution in [0.4, 0.5) is 0 Å². The van der Waals surface area contributed by atoms with Crippen LogP contribution in [0.1, 0.15) is 21.6 Å². The predicted molar refractivity (Wildman–Crippen MR) is 119 cm³/mol. The lowest BCUT2D eigenvalue weighted by Crippen LogP contribution is -2.24. The maximum absolute atomic E-state index is 13.2. The summed E-state index contributed by atoms with van der Waals surface area (Å²) in [6.07, 6.45) is 0. The van der Waals surface area contributed by atoms with Crippen molar-refractivity contribution in [3.8, 4) is 16.9 Å². The Morgan fingerprint density at radius 2 is 1.55 bits per heavy atom. The van der Waals surface area contributed by atoms with Gasteiger partial charge in [0.25, 0.3) is 5.91 Å². The van der Waals surface area contributed by atoms with Gasteiger partial charge in [0.2, 0.25) is 0 Å². The standard InChI is InChI=1S/C24H20BrN3O/c1-17-22(24(29)26-16-18-12-14-20(25)15-13-18)23(19-8-4-2-5-9-19)27-28(17)21-10-6-3-7-11-21/h2-15H,16H2,1H3,(H,26,29). The first kappa shape index (κ1) is 19.2. The molecule has 1 aromatic heterocycles. The third kappa shape index (κ3) is 4.15. The molecule has 0 spiro atoms. The van der Waals surface area contributed by atoms with Gasteiger partial charge in [0.15, 0.2) is 0 Å². The topological polar surface area (TPSA) is 46.9 Å². The highest BCUT2D eigenvalue weighted by Gasteiger charge is 2.22. The van der Waals surface area contributed by atoms with Gasteiger partial charge < -0.3 is 5.32 Å². The van der Waals surface area contributed by atoms with E-state index in [1.54, 1.807) is 0 Å². The number of hydrogen-bond donors (Lipinski definition) is 1. The van der Waals surface area contributed by atoms with Gasteiger partial charge in [-0.3, -0.25) is 4.79 Å². The van der Waals surface area contributed by atoms with Gasteiger partial charge in [0.05, 0.1) is 16.9 Å². The Kier molecular flexibility index (Phi) is 5.58. The predicted octanol–water partition coefficient (Wildman–Crippen LogP) is 5.54. The molecule has 0 saturated heterocycles. The molecule has 5 heteroatoms. The summed E-state index contributed by atoms with van der Waals surface area (Å²) in [5.41, 5.74) is 4.96. The normalized spacial score (nSPS) is 10.7. The van der Waals surface area contributed by atoms with Gasteiger partial charge in [-0.2, -0.15) is 5.10 Å². The van der Waals surface area contributed by atoms with Gasteiger partial charge in [-0.15, -0.1) is 0 Å². The highest BCUT2D eigenvalue weighted by Crippen LogP contribution is 2.27. The fraction of sp³-hybridized carbons (Fsp3) is 0.0833. The zero-order valence-electron chi connectivity index (χ0n) is 16.0. The van der Waals surface area contributed by atoms with Crippen LogP contribution in [0.3, 0.4) is 0 Å². The molecular formula is C24H20BrN3O. The Morgan fingerprint density at radius 3 is 2.21 bits per heavy atom. The fourth-order valence-corrected chi connectivity index (χ4v) is 3.53. The second kappa shape index (κ2) is 8.45. The molecule has 4 rings (SSSR count). The minimum absolute atomic E-state index is 0.133. The molecule has 0 atom stereocenters.